The molecule has 0 spiro atoms. The Hall–Kier alpha value is -0.520. The fraction of sp³-hybridized carbons (Fsp3) is 0.125. The van der Waals surface area contributed by atoms with Gasteiger partial charge in [0.25, 0.3) is 0 Å². The zero-order valence-electron chi connectivity index (χ0n) is 5.93. The second-order valence-electron chi connectivity index (χ2n) is 2.18. The molecule has 0 aliphatic carbocycles. The van der Waals surface area contributed by atoms with Crippen molar-refractivity contribution in [1.82, 2.24) is 0 Å². The number of Topliss-reactive ketones (excluding diaryl/α,β-unsaturated/α-hetero) is 1. The van der Waals surface area contributed by atoms with Gasteiger partial charge in [0.2, 0.25) is 5.78 Å². The molecule has 0 aliphatic heterocycles. The highest BCUT2D eigenvalue weighted by atomic mass is 127. The van der Waals surface area contributed by atoms with Crippen LogP contribution in [0.15, 0.2) is 24.3 Å². The molecule has 0 fully saturated rings. The number of ketones is 1. The molecule has 1 aromatic carbocycles. The number of hydrogen-bond donors (Lipinski definition) is 0. The molecule has 0 atom stereocenters. The topological polar surface area (TPSA) is 17.1 Å². The van der Waals surface area contributed by atoms with E-state index in [-0.39, 0.29) is 5.56 Å². The molecule has 0 heterocycles. The molecule has 12 heavy (non-hydrogen) atoms. The highest BCUT2D eigenvalue weighted by molar-refractivity contribution is 14.1. The summed E-state index contributed by atoms with van der Waals surface area (Å²) in [4.78, 5) is 10.7. The van der Waals surface area contributed by atoms with Gasteiger partial charge in [0.05, 0.1) is 0 Å². The van der Waals surface area contributed by atoms with Crippen LogP contribution in [0.4, 0.5) is 8.78 Å². The van der Waals surface area contributed by atoms with E-state index in [4.69, 9.17) is 0 Å². The fourth-order valence-electron chi connectivity index (χ4n) is 0.768. The maximum absolute atomic E-state index is 11.9. The molecule has 0 radical (unpaired) electrons. The van der Waals surface area contributed by atoms with Crippen LogP contribution < -0.4 is 0 Å². The van der Waals surface area contributed by atoms with E-state index in [1.807, 2.05) is 22.6 Å². The summed E-state index contributed by atoms with van der Waals surface area (Å²) in [5.41, 5.74) is 0.0666. The molecule has 0 amide bonds. The molecule has 1 aromatic rings. The smallest absolute Gasteiger partial charge is 0.288 e. The lowest BCUT2D eigenvalue weighted by Gasteiger charge is -1.98. The lowest BCUT2D eigenvalue weighted by atomic mass is 10.1. The Morgan fingerprint density at radius 3 is 2.58 bits per heavy atom. The zero-order chi connectivity index (χ0) is 9.14. The number of benzene rings is 1. The number of halogens is 3. The monoisotopic (exact) mass is 282 g/mol. The third kappa shape index (κ3) is 2.23. The Balaban J connectivity index is 2.96. The molecule has 1 nitrogen and oxygen atoms in total. The first-order valence-corrected chi connectivity index (χ1v) is 4.27. The minimum atomic E-state index is -2.91. The molecule has 0 saturated heterocycles. The first-order chi connectivity index (χ1) is 5.61. The van der Waals surface area contributed by atoms with Crippen LogP contribution in [0.3, 0.4) is 0 Å². The van der Waals surface area contributed by atoms with E-state index in [0.29, 0.717) is 0 Å². The molecule has 0 saturated carbocycles. The first kappa shape index (κ1) is 9.57. The standard InChI is InChI=1S/C8H5F2IO/c9-8(10)7(12)5-2-1-3-6(11)4-5/h1-4,8H. The molecular formula is C8H5F2IO. The summed E-state index contributed by atoms with van der Waals surface area (Å²) in [6, 6.07) is 6.14. The van der Waals surface area contributed by atoms with Gasteiger partial charge in [-0.25, -0.2) is 8.78 Å². The van der Waals surface area contributed by atoms with E-state index in [2.05, 4.69) is 0 Å². The van der Waals surface area contributed by atoms with Crippen LogP contribution in [-0.2, 0) is 0 Å². The normalized spacial score (nSPS) is 10.3. The highest BCUT2D eigenvalue weighted by Gasteiger charge is 2.17. The molecule has 0 unspecified atom stereocenters. The van der Waals surface area contributed by atoms with Crippen molar-refractivity contribution in [3.8, 4) is 0 Å². The Morgan fingerprint density at radius 1 is 1.42 bits per heavy atom. The SMILES string of the molecule is O=C(c1cccc(I)c1)C(F)F. The molecule has 0 aromatic heterocycles. The van der Waals surface area contributed by atoms with Gasteiger partial charge in [0.15, 0.2) is 0 Å². The number of carbonyl (C=O) groups excluding carboxylic acids is 1. The van der Waals surface area contributed by atoms with E-state index in [1.165, 1.54) is 12.1 Å². The molecule has 1 rings (SSSR count). The van der Waals surface area contributed by atoms with Crippen molar-refractivity contribution in [3.63, 3.8) is 0 Å². The predicted octanol–water partition coefficient (Wildman–Crippen LogP) is 2.74. The number of hydrogen-bond acceptors (Lipinski definition) is 1. The molecule has 0 bridgehead atoms. The van der Waals surface area contributed by atoms with Crippen molar-refractivity contribution in [2.45, 2.75) is 6.43 Å². The summed E-state index contributed by atoms with van der Waals surface area (Å²) >= 11 is 1.97. The van der Waals surface area contributed by atoms with Crippen LogP contribution in [0.2, 0.25) is 0 Å². The largest absolute Gasteiger partial charge is 0.300 e. The van der Waals surface area contributed by atoms with E-state index in [1.54, 1.807) is 12.1 Å². The third-order valence-electron chi connectivity index (χ3n) is 1.31. The zero-order valence-corrected chi connectivity index (χ0v) is 8.09. The van der Waals surface area contributed by atoms with Gasteiger partial charge in [-0.05, 0) is 34.7 Å². The van der Waals surface area contributed by atoms with Crippen molar-refractivity contribution in [1.29, 1.82) is 0 Å². The number of alkyl halides is 2. The van der Waals surface area contributed by atoms with Crippen molar-refractivity contribution in [3.05, 3.63) is 33.4 Å². The van der Waals surface area contributed by atoms with Crippen LogP contribution in [-0.4, -0.2) is 12.2 Å². The summed E-state index contributed by atoms with van der Waals surface area (Å²) in [6.45, 7) is 0. The van der Waals surface area contributed by atoms with E-state index in [9.17, 15) is 13.6 Å². The van der Waals surface area contributed by atoms with Crippen molar-refractivity contribution in [2.24, 2.45) is 0 Å². The summed E-state index contributed by atoms with van der Waals surface area (Å²) in [5.74, 6) is -1.12. The van der Waals surface area contributed by atoms with Crippen molar-refractivity contribution < 1.29 is 13.6 Å². The van der Waals surface area contributed by atoms with Gasteiger partial charge in [0, 0.05) is 9.13 Å². The average Bonchev–Trinajstić information content (AvgIpc) is 2.03. The molecular weight excluding hydrogens is 277 g/mol. The van der Waals surface area contributed by atoms with Gasteiger partial charge in [-0.3, -0.25) is 4.79 Å². The van der Waals surface area contributed by atoms with Crippen molar-refractivity contribution in [2.75, 3.05) is 0 Å². The number of carbonyl (C=O) groups is 1. The van der Waals surface area contributed by atoms with Gasteiger partial charge >= 0.3 is 6.43 Å². The van der Waals surface area contributed by atoms with Crippen molar-refractivity contribution >= 4 is 28.4 Å². The molecule has 4 heteroatoms. The van der Waals surface area contributed by atoms with Gasteiger partial charge in [-0.15, -0.1) is 0 Å². The van der Waals surface area contributed by atoms with Gasteiger partial charge < -0.3 is 0 Å². The van der Waals surface area contributed by atoms with Gasteiger partial charge in [-0.2, -0.15) is 0 Å². The van der Waals surface area contributed by atoms with Gasteiger partial charge in [0.1, 0.15) is 0 Å². The Labute approximate surface area is 81.9 Å². The molecule has 0 aliphatic rings. The summed E-state index contributed by atoms with van der Waals surface area (Å²) in [7, 11) is 0. The second kappa shape index (κ2) is 3.93. The molecule has 64 valence electrons. The van der Waals surface area contributed by atoms with Gasteiger partial charge in [-0.1, -0.05) is 12.1 Å². The third-order valence-corrected chi connectivity index (χ3v) is 1.98. The highest BCUT2D eigenvalue weighted by Crippen LogP contribution is 2.11. The van der Waals surface area contributed by atoms with E-state index >= 15 is 0 Å². The lowest BCUT2D eigenvalue weighted by Crippen LogP contribution is -2.09. The molecule has 0 N–H and O–H groups in total. The minimum Gasteiger partial charge on any atom is -0.288 e. The summed E-state index contributed by atoms with van der Waals surface area (Å²) < 4.78 is 24.6. The first-order valence-electron chi connectivity index (χ1n) is 3.19. The van der Waals surface area contributed by atoms with Crippen LogP contribution in [0.5, 0.6) is 0 Å². The van der Waals surface area contributed by atoms with Crippen LogP contribution in [0, 0.1) is 3.57 Å². The Bertz CT molecular complexity index is 299. The lowest BCUT2D eigenvalue weighted by molar-refractivity contribution is 0.0678. The number of rotatable bonds is 2. The Kier molecular flexibility index (Phi) is 3.13. The predicted molar refractivity (Wildman–Crippen MR) is 49.5 cm³/mol. The quantitative estimate of drug-likeness (QED) is 0.602. The Morgan fingerprint density at radius 2 is 2.08 bits per heavy atom. The minimum absolute atomic E-state index is 0.0666. The van der Waals surface area contributed by atoms with Crippen LogP contribution >= 0.6 is 22.6 Å². The van der Waals surface area contributed by atoms with Crippen LogP contribution in [0.1, 0.15) is 10.4 Å². The second-order valence-corrected chi connectivity index (χ2v) is 3.42. The maximum Gasteiger partial charge on any atom is 0.300 e. The van der Waals surface area contributed by atoms with E-state index in [0.717, 1.165) is 3.57 Å². The maximum atomic E-state index is 11.9. The average molecular weight is 282 g/mol. The fourth-order valence-corrected chi connectivity index (χ4v) is 1.31. The van der Waals surface area contributed by atoms with Crippen LogP contribution in [0.25, 0.3) is 0 Å². The van der Waals surface area contributed by atoms with E-state index < -0.39 is 12.2 Å². The summed E-state index contributed by atoms with van der Waals surface area (Å²) in [6.07, 6.45) is -2.91. The summed E-state index contributed by atoms with van der Waals surface area (Å²) in [5, 5.41) is 0.